The number of halogens is 1. The Hall–Kier alpha value is 0.530. The molecular weight excluding hydrogens is 279 g/mol. The lowest BCUT2D eigenvalue weighted by Gasteiger charge is -2.37. The highest BCUT2D eigenvalue weighted by Gasteiger charge is 2.42. The van der Waals surface area contributed by atoms with Crippen molar-refractivity contribution in [2.24, 2.45) is 0 Å². The Morgan fingerprint density at radius 1 is 1.00 bits per heavy atom. The molecule has 1 aliphatic heterocycles. The molecule has 72 valence electrons. The Balaban J connectivity index is 2.63. The van der Waals surface area contributed by atoms with Gasteiger partial charge in [0.25, 0.3) is 0 Å². The molecule has 5 atom stereocenters. The van der Waals surface area contributed by atoms with E-state index in [1.54, 1.807) is 0 Å². The highest BCUT2D eigenvalue weighted by atomic mass is 127. The van der Waals surface area contributed by atoms with Crippen LogP contribution in [0.25, 0.3) is 0 Å². The lowest BCUT2D eigenvalue weighted by Crippen LogP contribution is -2.57. The fourth-order valence-corrected chi connectivity index (χ4v) is 1.79. The van der Waals surface area contributed by atoms with Gasteiger partial charge in [-0.25, -0.2) is 0 Å². The van der Waals surface area contributed by atoms with Gasteiger partial charge in [0.05, 0.1) is 6.10 Å². The Morgan fingerprint density at radius 3 is 2.08 bits per heavy atom. The van der Waals surface area contributed by atoms with E-state index in [2.05, 4.69) is 0 Å². The number of ether oxygens (including phenoxy) is 1. The molecule has 0 aromatic rings. The predicted octanol–water partition coefficient (Wildman–Crippen LogP) is -1.78. The minimum absolute atomic E-state index is 0.444. The quantitative estimate of drug-likeness (QED) is 0.339. The highest BCUT2D eigenvalue weighted by molar-refractivity contribution is 14.1. The molecule has 0 amide bonds. The number of alkyl halides is 1. The molecule has 1 aliphatic rings. The van der Waals surface area contributed by atoms with E-state index in [9.17, 15) is 10.2 Å². The zero-order valence-corrected chi connectivity index (χ0v) is 8.33. The Bertz CT molecular complexity index is 150. The summed E-state index contributed by atoms with van der Waals surface area (Å²) in [6.07, 6.45) is -5.95. The summed E-state index contributed by atoms with van der Waals surface area (Å²) in [5, 5.41) is 36.5. The van der Waals surface area contributed by atoms with Crippen molar-refractivity contribution < 1.29 is 25.2 Å². The Labute approximate surface area is 83.1 Å². The van der Waals surface area contributed by atoms with Crippen LogP contribution in [0.15, 0.2) is 0 Å². The maximum Gasteiger partial charge on any atom is 0.183 e. The molecule has 4 N–H and O–H groups in total. The molecule has 0 unspecified atom stereocenters. The zero-order chi connectivity index (χ0) is 9.30. The molecule has 0 bridgehead atoms. The van der Waals surface area contributed by atoms with Gasteiger partial charge in [-0.05, 0) is 0 Å². The summed E-state index contributed by atoms with van der Waals surface area (Å²) in [6.45, 7) is 0. The first-order valence-corrected chi connectivity index (χ1v) is 5.04. The second-order valence-electron chi connectivity index (χ2n) is 2.69. The van der Waals surface area contributed by atoms with Gasteiger partial charge in [-0.15, -0.1) is 0 Å². The van der Waals surface area contributed by atoms with E-state index in [0.717, 1.165) is 0 Å². The summed E-state index contributed by atoms with van der Waals surface area (Å²) in [5.41, 5.74) is 0. The van der Waals surface area contributed by atoms with Crippen LogP contribution in [0.5, 0.6) is 0 Å². The molecule has 0 aliphatic carbocycles. The van der Waals surface area contributed by atoms with Crippen molar-refractivity contribution in [1.29, 1.82) is 0 Å². The van der Waals surface area contributed by atoms with E-state index in [1.807, 2.05) is 22.6 Å². The second kappa shape index (κ2) is 4.16. The van der Waals surface area contributed by atoms with Crippen molar-refractivity contribution in [3.63, 3.8) is 0 Å². The fourth-order valence-electron chi connectivity index (χ4n) is 1.06. The van der Waals surface area contributed by atoms with Gasteiger partial charge >= 0.3 is 0 Å². The summed E-state index contributed by atoms with van der Waals surface area (Å²) in [4.78, 5) is 0. The van der Waals surface area contributed by atoms with Crippen molar-refractivity contribution >= 4 is 22.6 Å². The maximum atomic E-state index is 9.27. The van der Waals surface area contributed by atoms with Gasteiger partial charge in [-0.1, -0.05) is 22.6 Å². The SMILES string of the molecule is O[C@H]1[C@@H](O)[C@@H](O)O[C@@H](CI)[C@H]1O. The molecule has 1 heterocycles. The van der Waals surface area contributed by atoms with Crippen LogP contribution in [-0.4, -0.2) is 55.6 Å². The van der Waals surface area contributed by atoms with Gasteiger partial charge in [0, 0.05) is 4.43 Å². The lowest BCUT2D eigenvalue weighted by molar-refractivity contribution is -0.275. The van der Waals surface area contributed by atoms with Crippen molar-refractivity contribution in [3.8, 4) is 0 Å². The third-order valence-electron chi connectivity index (χ3n) is 1.84. The van der Waals surface area contributed by atoms with Gasteiger partial charge in [0.2, 0.25) is 0 Å². The summed E-state index contributed by atoms with van der Waals surface area (Å²) in [7, 11) is 0. The standard InChI is InChI=1S/C6H11IO5/c7-1-2-3(8)4(9)5(10)6(11)12-2/h2-6,8-11H,1H2/t2-,3+,4+,5+,6-/m0/s1. The summed E-state index contributed by atoms with van der Waals surface area (Å²) in [6, 6.07) is 0. The normalized spacial score (nSPS) is 49.2. The van der Waals surface area contributed by atoms with E-state index in [0.29, 0.717) is 4.43 Å². The summed E-state index contributed by atoms with van der Waals surface area (Å²) >= 11 is 1.96. The van der Waals surface area contributed by atoms with Crippen molar-refractivity contribution in [3.05, 3.63) is 0 Å². The summed E-state index contributed by atoms with van der Waals surface area (Å²) in [5.74, 6) is 0. The van der Waals surface area contributed by atoms with Gasteiger partial charge < -0.3 is 25.2 Å². The molecule has 0 spiro atoms. The number of rotatable bonds is 1. The smallest absolute Gasteiger partial charge is 0.183 e. The average Bonchev–Trinajstić information content (AvgIpc) is 2.08. The minimum Gasteiger partial charge on any atom is -0.388 e. The van der Waals surface area contributed by atoms with Gasteiger partial charge in [0.1, 0.15) is 18.3 Å². The lowest BCUT2D eigenvalue weighted by atomic mass is 10.0. The van der Waals surface area contributed by atoms with Gasteiger partial charge in [-0.3, -0.25) is 0 Å². The molecule has 5 nitrogen and oxygen atoms in total. The van der Waals surface area contributed by atoms with Crippen molar-refractivity contribution in [2.45, 2.75) is 30.7 Å². The van der Waals surface area contributed by atoms with E-state index >= 15 is 0 Å². The minimum atomic E-state index is -1.43. The first-order valence-electron chi connectivity index (χ1n) is 3.51. The molecule has 0 aromatic heterocycles. The van der Waals surface area contributed by atoms with E-state index in [-0.39, 0.29) is 0 Å². The van der Waals surface area contributed by atoms with E-state index < -0.39 is 30.7 Å². The fraction of sp³-hybridized carbons (Fsp3) is 1.00. The number of hydrogen-bond donors (Lipinski definition) is 4. The van der Waals surface area contributed by atoms with Crippen LogP contribution in [0.2, 0.25) is 0 Å². The van der Waals surface area contributed by atoms with Crippen LogP contribution in [0, 0.1) is 0 Å². The molecule has 6 heteroatoms. The van der Waals surface area contributed by atoms with Crippen LogP contribution in [0.1, 0.15) is 0 Å². The molecule has 0 saturated carbocycles. The molecule has 0 aromatic carbocycles. The third kappa shape index (κ3) is 1.88. The van der Waals surface area contributed by atoms with Crippen LogP contribution < -0.4 is 0 Å². The topological polar surface area (TPSA) is 90.2 Å². The first kappa shape index (κ1) is 10.6. The first-order chi connectivity index (χ1) is 5.57. The van der Waals surface area contributed by atoms with Crippen LogP contribution in [-0.2, 0) is 4.74 Å². The highest BCUT2D eigenvalue weighted by Crippen LogP contribution is 2.20. The number of aliphatic hydroxyl groups excluding tert-OH is 4. The van der Waals surface area contributed by atoms with E-state index in [1.165, 1.54) is 0 Å². The van der Waals surface area contributed by atoms with Crippen molar-refractivity contribution in [2.75, 3.05) is 4.43 Å². The Kier molecular flexibility index (Phi) is 3.68. The average molecular weight is 290 g/mol. The van der Waals surface area contributed by atoms with E-state index in [4.69, 9.17) is 14.9 Å². The third-order valence-corrected chi connectivity index (χ3v) is 2.71. The largest absolute Gasteiger partial charge is 0.388 e. The maximum absolute atomic E-state index is 9.27. The molecule has 1 saturated heterocycles. The number of hydrogen-bond acceptors (Lipinski definition) is 5. The molecule has 12 heavy (non-hydrogen) atoms. The number of aliphatic hydroxyl groups is 4. The van der Waals surface area contributed by atoms with Crippen LogP contribution in [0.3, 0.4) is 0 Å². The molecule has 0 radical (unpaired) electrons. The monoisotopic (exact) mass is 290 g/mol. The summed E-state index contributed by atoms with van der Waals surface area (Å²) < 4.78 is 5.26. The van der Waals surface area contributed by atoms with Gasteiger partial charge in [-0.2, -0.15) is 0 Å². The predicted molar refractivity (Wildman–Crippen MR) is 47.8 cm³/mol. The van der Waals surface area contributed by atoms with Crippen LogP contribution >= 0.6 is 22.6 Å². The zero-order valence-electron chi connectivity index (χ0n) is 6.17. The second-order valence-corrected chi connectivity index (χ2v) is 3.57. The van der Waals surface area contributed by atoms with Gasteiger partial charge in [0.15, 0.2) is 6.29 Å². The molecular formula is C6H11IO5. The molecule has 1 fully saturated rings. The van der Waals surface area contributed by atoms with Crippen molar-refractivity contribution in [1.82, 2.24) is 0 Å². The molecule has 1 rings (SSSR count). The Morgan fingerprint density at radius 2 is 1.58 bits per heavy atom. The van der Waals surface area contributed by atoms with Crippen LogP contribution in [0.4, 0.5) is 0 Å².